The number of hydrogen-bond acceptors (Lipinski definition) is 3. The zero-order chi connectivity index (χ0) is 14.3. The molecule has 0 aliphatic rings. The fourth-order valence-electron chi connectivity index (χ4n) is 2.18. The van der Waals surface area contributed by atoms with Crippen LogP contribution in [0.25, 0.3) is 22.2 Å². The predicted octanol–water partition coefficient (Wildman–Crippen LogP) is 5.08. The molecule has 3 heteroatoms. The Morgan fingerprint density at radius 1 is 0.950 bits per heavy atom. The van der Waals surface area contributed by atoms with Crippen molar-refractivity contribution in [3.8, 4) is 11.1 Å². The first-order valence-corrected chi connectivity index (χ1v) is 7.10. The van der Waals surface area contributed by atoms with Crippen molar-refractivity contribution < 1.29 is 4.42 Å². The van der Waals surface area contributed by atoms with Gasteiger partial charge in [-0.15, -0.1) is 12.6 Å². The zero-order valence-electron chi connectivity index (χ0n) is 11.8. The second kappa shape index (κ2) is 4.67. The van der Waals surface area contributed by atoms with Gasteiger partial charge in [-0.3, -0.25) is 0 Å². The van der Waals surface area contributed by atoms with Crippen LogP contribution in [0.1, 0.15) is 26.7 Å². The Bertz CT molecular complexity index is 768. The predicted molar refractivity (Wildman–Crippen MR) is 85.4 cm³/mol. The van der Waals surface area contributed by atoms with Crippen molar-refractivity contribution in [1.29, 1.82) is 0 Å². The summed E-state index contributed by atoms with van der Waals surface area (Å²) >= 11 is 4.54. The van der Waals surface area contributed by atoms with Gasteiger partial charge in [0.1, 0.15) is 5.52 Å². The van der Waals surface area contributed by atoms with E-state index in [0.29, 0.717) is 0 Å². The van der Waals surface area contributed by atoms with E-state index < -0.39 is 0 Å². The molecule has 0 saturated carbocycles. The minimum absolute atomic E-state index is 0.100. The van der Waals surface area contributed by atoms with Crippen LogP contribution in [-0.2, 0) is 5.41 Å². The molecule has 0 aliphatic heterocycles. The molecular weight excluding hydrogens is 266 g/mol. The molecule has 0 saturated heterocycles. The summed E-state index contributed by atoms with van der Waals surface area (Å²) < 4.78 is 6.03. The van der Waals surface area contributed by atoms with Crippen LogP contribution in [0.4, 0.5) is 0 Å². The van der Waals surface area contributed by atoms with Gasteiger partial charge in [0.25, 0.3) is 0 Å². The molecule has 2 aromatic carbocycles. The molecule has 2 nitrogen and oxygen atoms in total. The summed E-state index contributed by atoms with van der Waals surface area (Å²) in [5.74, 6) is 0.761. The van der Waals surface area contributed by atoms with Gasteiger partial charge in [-0.25, -0.2) is 4.98 Å². The van der Waals surface area contributed by atoms with Gasteiger partial charge in [-0.1, -0.05) is 51.1 Å². The van der Waals surface area contributed by atoms with Gasteiger partial charge in [-0.05, 0) is 17.7 Å². The summed E-state index contributed by atoms with van der Waals surface area (Å²) in [4.78, 5) is 5.55. The van der Waals surface area contributed by atoms with Crippen LogP contribution in [0.15, 0.2) is 51.8 Å². The highest BCUT2D eigenvalue weighted by atomic mass is 32.1. The van der Waals surface area contributed by atoms with Gasteiger partial charge < -0.3 is 4.42 Å². The molecule has 0 radical (unpaired) electrons. The van der Waals surface area contributed by atoms with Gasteiger partial charge in [0, 0.05) is 15.9 Å². The first-order chi connectivity index (χ1) is 9.47. The number of para-hydroxylation sites is 1. The molecule has 0 fully saturated rings. The minimum Gasteiger partial charge on any atom is -0.439 e. The standard InChI is InChI=1S/C17H17NOS/c1-17(2,3)16-18-13-9-6-8-12(15(13)19-16)11-7-4-5-10-14(11)20/h4-10,20H,1-3H3. The van der Waals surface area contributed by atoms with E-state index in [1.165, 1.54) is 0 Å². The smallest absolute Gasteiger partial charge is 0.200 e. The van der Waals surface area contributed by atoms with Crippen LogP contribution in [0.5, 0.6) is 0 Å². The molecule has 0 aliphatic carbocycles. The topological polar surface area (TPSA) is 26.0 Å². The highest BCUT2D eigenvalue weighted by Crippen LogP contribution is 2.35. The molecule has 0 amide bonds. The lowest BCUT2D eigenvalue weighted by molar-refractivity contribution is 0.411. The van der Waals surface area contributed by atoms with Crippen molar-refractivity contribution in [3.05, 3.63) is 48.4 Å². The molecule has 0 spiro atoms. The third-order valence-electron chi connectivity index (χ3n) is 3.25. The van der Waals surface area contributed by atoms with E-state index in [1.54, 1.807) is 0 Å². The van der Waals surface area contributed by atoms with Crippen molar-refractivity contribution in [3.63, 3.8) is 0 Å². The Morgan fingerprint density at radius 3 is 2.35 bits per heavy atom. The summed E-state index contributed by atoms with van der Waals surface area (Å²) in [5, 5.41) is 0. The van der Waals surface area contributed by atoms with Gasteiger partial charge in [0.05, 0.1) is 0 Å². The van der Waals surface area contributed by atoms with Crippen LogP contribution in [0.2, 0.25) is 0 Å². The molecule has 1 aromatic heterocycles. The number of benzene rings is 2. The monoisotopic (exact) mass is 283 g/mol. The first kappa shape index (κ1) is 13.3. The van der Waals surface area contributed by atoms with E-state index in [-0.39, 0.29) is 5.41 Å². The molecule has 3 aromatic rings. The number of nitrogens with zero attached hydrogens (tertiary/aromatic N) is 1. The maximum absolute atomic E-state index is 6.03. The van der Waals surface area contributed by atoms with Gasteiger partial charge in [0.2, 0.25) is 5.89 Å². The number of thiol groups is 1. The Balaban J connectivity index is 2.27. The van der Waals surface area contributed by atoms with Crippen LogP contribution in [0, 0.1) is 0 Å². The third kappa shape index (κ3) is 2.22. The van der Waals surface area contributed by atoms with Crippen molar-refractivity contribution >= 4 is 23.7 Å². The quantitative estimate of drug-likeness (QED) is 0.630. The van der Waals surface area contributed by atoms with Gasteiger partial charge >= 0.3 is 0 Å². The molecule has 0 unspecified atom stereocenters. The lowest BCUT2D eigenvalue weighted by Crippen LogP contribution is -2.10. The van der Waals surface area contributed by atoms with Crippen molar-refractivity contribution in [2.45, 2.75) is 31.1 Å². The van der Waals surface area contributed by atoms with Crippen LogP contribution < -0.4 is 0 Å². The lowest BCUT2D eigenvalue weighted by atomic mass is 9.97. The lowest BCUT2D eigenvalue weighted by Gasteiger charge is -2.12. The average Bonchev–Trinajstić information content (AvgIpc) is 2.83. The van der Waals surface area contributed by atoms with Crippen LogP contribution >= 0.6 is 12.6 Å². The molecule has 20 heavy (non-hydrogen) atoms. The van der Waals surface area contributed by atoms with E-state index >= 15 is 0 Å². The Kier molecular flexibility index (Phi) is 3.09. The molecule has 1 heterocycles. The summed E-state index contributed by atoms with van der Waals surface area (Å²) in [5.41, 5.74) is 3.73. The van der Waals surface area contributed by atoms with E-state index in [0.717, 1.165) is 33.0 Å². The Labute approximate surface area is 124 Å². The second-order valence-corrected chi connectivity index (χ2v) is 6.42. The largest absolute Gasteiger partial charge is 0.439 e. The average molecular weight is 283 g/mol. The molecule has 0 atom stereocenters. The highest BCUT2D eigenvalue weighted by molar-refractivity contribution is 7.80. The number of oxazole rings is 1. The van der Waals surface area contributed by atoms with E-state index in [9.17, 15) is 0 Å². The van der Waals surface area contributed by atoms with Crippen molar-refractivity contribution in [1.82, 2.24) is 4.98 Å². The molecule has 0 N–H and O–H groups in total. The molecule has 0 bridgehead atoms. The maximum Gasteiger partial charge on any atom is 0.200 e. The van der Waals surface area contributed by atoms with Crippen molar-refractivity contribution in [2.75, 3.05) is 0 Å². The van der Waals surface area contributed by atoms with Gasteiger partial charge in [-0.2, -0.15) is 0 Å². The summed E-state index contributed by atoms with van der Waals surface area (Å²) in [6, 6.07) is 14.1. The maximum atomic E-state index is 6.03. The van der Waals surface area contributed by atoms with Gasteiger partial charge in [0.15, 0.2) is 5.58 Å². The van der Waals surface area contributed by atoms with E-state index in [4.69, 9.17) is 4.42 Å². The van der Waals surface area contributed by atoms with Crippen LogP contribution in [0.3, 0.4) is 0 Å². The number of rotatable bonds is 1. The Morgan fingerprint density at radius 2 is 1.65 bits per heavy atom. The zero-order valence-corrected chi connectivity index (χ0v) is 12.7. The normalized spacial score (nSPS) is 12.0. The highest BCUT2D eigenvalue weighted by Gasteiger charge is 2.22. The molecular formula is C17H17NOS. The fourth-order valence-corrected chi connectivity index (χ4v) is 2.46. The second-order valence-electron chi connectivity index (χ2n) is 5.94. The Hall–Kier alpha value is -1.74. The van der Waals surface area contributed by atoms with Crippen molar-refractivity contribution in [2.24, 2.45) is 0 Å². The summed E-state index contributed by atoms with van der Waals surface area (Å²) in [6.07, 6.45) is 0. The SMILES string of the molecule is CC(C)(C)c1nc2cccc(-c3ccccc3S)c2o1. The molecule has 102 valence electrons. The number of hydrogen-bond donors (Lipinski definition) is 1. The number of aromatic nitrogens is 1. The first-order valence-electron chi connectivity index (χ1n) is 6.65. The summed E-state index contributed by atoms with van der Waals surface area (Å²) in [7, 11) is 0. The molecule has 3 rings (SSSR count). The third-order valence-corrected chi connectivity index (χ3v) is 3.64. The number of fused-ring (bicyclic) bond motifs is 1. The minimum atomic E-state index is -0.100. The fraction of sp³-hybridized carbons (Fsp3) is 0.235. The van der Waals surface area contributed by atoms with Crippen LogP contribution in [-0.4, -0.2) is 4.98 Å². The van der Waals surface area contributed by atoms with E-state index in [2.05, 4.69) is 50.5 Å². The summed E-state index contributed by atoms with van der Waals surface area (Å²) in [6.45, 7) is 6.30. The van der Waals surface area contributed by atoms with E-state index in [1.807, 2.05) is 30.3 Å².